The van der Waals surface area contributed by atoms with E-state index < -0.39 is 5.54 Å². The molecule has 0 aliphatic carbocycles. The first kappa shape index (κ1) is 12.2. The maximum atomic E-state index is 12.2. The van der Waals surface area contributed by atoms with Gasteiger partial charge in [-0.15, -0.1) is 11.6 Å². The molecule has 0 unspecified atom stereocenters. The summed E-state index contributed by atoms with van der Waals surface area (Å²) in [5, 5.41) is 3.27. The molecule has 1 aliphatic rings. The number of benzene rings is 1. The standard InChI is InChI=1S/C13H17ClN2O/c1-8-5-6-10-11(9(8)7-14)16(4)12(17)13(2,3)15-10/h5-6,15H,7H2,1-4H3. The highest BCUT2D eigenvalue weighted by molar-refractivity contribution is 6.18. The van der Waals surface area contributed by atoms with E-state index in [1.165, 1.54) is 0 Å². The molecule has 17 heavy (non-hydrogen) atoms. The van der Waals surface area contributed by atoms with Gasteiger partial charge in [-0.25, -0.2) is 0 Å². The summed E-state index contributed by atoms with van der Waals surface area (Å²) < 4.78 is 0. The summed E-state index contributed by atoms with van der Waals surface area (Å²) in [6.45, 7) is 5.78. The number of fused-ring (bicyclic) bond motifs is 1. The van der Waals surface area contributed by atoms with E-state index in [4.69, 9.17) is 11.6 Å². The summed E-state index contributed by atoms with van der Waals surface area (Å²) in [5.74, 6) is 0.469. The van der Waals surface area contributed by atoms with Crippen LogP contribution in [0.2, 0.25) is 0 Å². The maximum Gasteiger partial charge on any atom is 0.251 e. The Morgan fingerprint density at radius 2 is 2.06 bits per heavy atom. The first-order valence-corrected chi connectivity index (χ1v) is 6.16. The van der Waals surface area contributed by atoms with Gasteiger partial charge in [0.15, 0.2) is 0 Å². The van der Waals surface area contributed by atoms with Gasteiger partial charge in [0, 0.05) is 12.9 Å². The highest BCUT2D eigenvalue weighted by Gasteiger charge is 2.37. The summed E-state index contributed by atoms with van der Waals surface area (Å²) in [5.41, 5.74) is 3.44. The minimum Gasteiger partial charge on any atom is -0.370 e. The Morgan fingerprint density at radius 1 is 1.41 bits per heavy atom. The van der Waals surface area contributed by atoms with Crippen LogP contribution < -0.4 is 10.2 Å². The van der Waals surface area contributed by atoms with Crippen LogP contribution in [-0.4, -0.2) is 18.5 Å². The van der Waals surface area contributed by atoms with Gasteiger partial charge in [0.05, 0.1) is 11.4 Å². The van der Waals surface area contributed by atoms with Crippen LogP contribution in [-0.2, 0) is 10.7 Å². The van der Waals surface area contributed by atoms with E-state index in [9.17, 15) is 4.79 Å². The van der Waals surface area contributed by atoms with Crippen molar-refractivity contribution >= 4 is 28.9 Å². The Bertz CT molecular complexity index is 483. The second-order valence-corrected chi connectivity index (χ2v) is 5.27. The number of aryl methyl sites for hydroxylation is 1. The Hall–Kier alpha value is -1.22. The van der Waals surface area contributed by atoms with Gasteiger partial charge in [0.2, 0.25) is 0 Å². The summed E-state index contributed by atoms with van der Waals surface area (Å²) in [6.07, 6.45) is 0. The molecular formula is C13H17ClN2O. The fourth-order valence-corrected chi connectivity index (χ4v) is 2.64. The lowest BCUT2D eigenvalue weighted by Crippen LogP contribution is -2.52. The number of carbonyl (C=O) groups excluding carboxylic acids is 1. The summed E-state index contributed by atoms with van der Waals surface area (Å²) in [6, 6.07) is 4.04. The van der Waals surface area contributed by atoms with Gasteiger partial charge in [-0.1, -0.05) is 6.07 Å². The lowest BCUT2D eigenvalue weighted by atomic mass is 9.95. The molecule has 1 amide bonds. The normalized spacial score (nSPS) is 17.7. The number of rotatable bonds is 1. The zero-order valence-electron chi connectivity index (χ0n) is 10.6. The van der Waals surface area contributed by atoms with E-state index in [0.29, 0.717) is 5.88 Å². The van der Waals surface area contributed by atoms with E-state index in [2.05, 4.69) is 5.32 Å². The number of nitrogens with one attached hydrogen (secondary N) is 1. The molecular weight excluding hydrogens is 236 g/mol. The SMILES string of the molecule is Cc1ccc2c(c1CCl)N(C)C(=O)C(C)(C)N2. The molecule has 0 atom stereocenters. The van der Waals surface area contributed by atoms with E-state index in [-0.39, 0.29) is 5.91 Å². The first-order valence-electron chi connectivity index (χ1n) is 5.63. The molecule has 3 nitrogen and oxygen atoms in total. The minimum atomic E-state index is -0.569. The Balaban J connectivity index is 2.65. The van der Waals surface area contributed by atoms with Gasteiger partial charge in [0.1, 0.15) is 5.54 Å². The number of halogens is 1. The molecule has 1 aliphatic heterocycles. The van der Waals surface area contributed by atoms with Crippen molar-refractivity contribution in [1.82, 2.24) is 0 Å². The van der Waals surface area contributed by atoms with E-state index >= 15 is 0 Å². The van der Waals surface area contributed by atoms with Gasteiger partial charge in [-0.3, -0.25) is 4.79 Å². The molecule has 1 N–H and O–H groups in total. The van der Waals surface area contributed by atoms with Crippen LogP contribution in [0.4, 0.5) is 11.4 Å². The van der Waals surface area contributed by atoms with Gasteiger partial charge < -0.3 is 10.2 Å². The number of alkyl halides is 1. The van der Waals surface area contributed by atoms with Crippen molar-refractivity contribution in [3.8, 4) is 0 Å². The van der Waals surface area contributed by atoms with Crippen molar-refractivity contribution in [2.45, 2.75) is 32.2 Å². The predicted molar refractivity (Wildman–Crippen MR) is 71.8 cm³/mol. The number of amides is 1. The van der Waals surface area contributed by atoms with Crippen molar-refractivity contribution in [2.75, 3.05) is 17.3 Å². The molecule has 0 aromatic heterocycles. The number of hydrogen-bond acceptors (Lipinski definition) is 2. The molecule has 0 spiro atoms. The van der Waals surface area contributed by atoms with Crippen molar-refractivity contribution < 1.29 is 4.79 Å². The Morgan fingerprint density at radius 3 is 2.65 bits per heavy atom. The molecule has 1 aromatic rings. The molecule has 2 rings (SSSR count). The van der Waals surface area contributed by atoms with Crippen molar-refractivity contribution in [2.24, 2.45) is 0 Å². The number of hydrogen-bond donors (Lipinski definition) is 1. The fourth-order valence-electron chi connectivity index (χ4n) is 2.30. The zero-order valence-corrected chi connectivity index (χ0v) is 11.4. The Kier molecular flexibility index (Phi) is 2.82. The third-order valence-electron chi connectivity index (χ3n) is 3.27. The third-order valence-corrected chi connectivity index (χ3v) is 3.54. The zero-order chi connectivity index (χ0) is 12.8. The number of nitrogens with zero attached hydrogens (tertiary/aromatic N) is 1. The van der Waals surface area contributed by atoms with Gasteiger partial charge in [-0.2, -0.15) is 0 Å². The van der Waals surface area contributed by atoms with Crippen LogP contribution in [0, 0.1) is 6.92 Å². The molecule has 1 heterocycles. The second-order valence-electron chi connectivity index (χ2n) is 5.00. The van der Waals surface area contributed by atoms with Crippen LogP contribution >= 0.6 is 11.6 Å². The molecule has 0 bridgehead atoms. The summed E-state index contributed by atoms with van der Waals surface area (Å²) in [4.78, 5) is 13.9. The number of carbonyl (C=O) groups is 1. The van der Waals surface area contributed by atoms with Crippen molar-refractivity contribution in [3.63, 3.8) is 0 Å². The minimum absolute atomic E-state index is 0.0574. The molecule has 1 aromatic carbocycles. The van der Waals surface area contributed by atoms with Crippen LogP contribution in [0.3, 0.4) is 0 Å². The van der Waals surface area contributed by atoms with Crippen molar-refractivity contribution in [1.29, 1.82) is 0 Å². The van der Waals surface area contributed by atoms with Crippen molar-refractivity contribution in [3.05, 3.63) is 23.3 Å². The Labute approximate surface area is 107 Å². The summed E-state index contributed by atoms with van der Waals surface area (Å²) >= 11 is 5.99. The molecule has 0 saturated heterocycles. The van der Waals surface area contributed by atoms with Gasteiger partial charge in [-0.05, 0) is 38.0 Å². The van der Waals surface area contributed by atoms with Gasteiger partial charge >= 0.3 is 0 Å². The highest BCUT2D eigenvalue weighted by Crippen LogP contribution is 2.39. The maximum absolute atomic E-state index is 12.2. The predicted octanol–water partition coefficient (Wildman–Crippen LogP) is 2.90. The fraction of sp³-hybridized carbons (Fsp3) is 0.462. The van der Waals surface area contributed by atoms with E-state index in [1.54, 1.807) is 11.9 Å². The topological polar surface area (TPSA) is 32.3 Å². The lowest BCUT2D eigenvalue weighted by molar-refractivity contribution is -0.121. The highest BCUT2D eigenvalue weighted by atomic mass is 35.5. The summed E-state index contributed by atoms with van der Waals surface area (Å²) in [7, 11) is 1.80. The second kappa shape index (κ2) is 3.91. The number of anilines is 2. The molecule has 0 fully saturated rings. The van der Waals surface area contributed by atoms with Crippen LogP contribution in [0.25, 0.3) is 0 Å². The van der Waals surface area contributed by atoms with Crippen LogP contribution in [0.1, 0.15) is 25.0 Å². The quantitative estimate of drug-likeness (QED) is 0.780. The average Bonchev–Trinajstić information content (AvgIpc) is 2.27. The van der Waals surface area contributed by atoms with Crippen LogP contribution in [0.15, 0.2) is 12.1 Å². The molecule has 4 heteroatoms. The average molecular weight is 253 g/mol. The number of likely N-dealkylation sites (N-methyl/N-ethyl adjacent to an activating group) is 1. The molecule has 92 valence electrons. The smallest absolute Gasteiger partial charge is 0.251 e. The molecule has 0 saturated carbocycles. The van der Waals surface area contributed by atoms with Crippen LogP contribution in [0.5, 0.6) is 0 Å². The third kappa shape index (κ3) is 1.78. The van der Waals surface area contributed by atoms with E-state index in [0.717, 1.165) is 22.5 Å². The van der Waals surface area contributed by atoms with Gasteiger partial charge in [0.25, 0.3) is 5.91 Å². The largest absolute Gasteiger partial charge is 0.370 e. The lowest BCUT2D eigenvalue weighted by Gasteiger charge is -2.39. The monoisotopic (exact) mass is 252 g/mol. The molecule has 0 radical (unpaired) electrons. The van der Waals surface area contributed by atoms with E-state index in [1.807, 2.05) is 32.9 Å². The first-order chi connectivity index (χ1) is 7.88.